The highest BCUT2D eigenvalue weighted by atomic mass is 15.2. The first-order valence-corrected chi connectivity index (χ1v) is 9.79. The molecule has 126 valence electrons. The van der Waals surface area contributed by atoms with Gasteiger partial charge in [0.1, 0.15) is 0 Å². The fraction of sp³-hybridized carbons (Fsp3) is 0.545. The Morgan fingerprint density at radius 2 is 2.00 bits per heavy atom. The Labute approximate surface area is 145 Å². The molecule has 2 heteroatoms. The van der Waals surface area contributed by atoms with Crippen LogP contribution >= 0.6 is 0 Å². The van der Waals surface area contributed by atoms with Crippen LogP contribution in [-0.4, -0.2) is 30.1 Å². The fourth-order valence-corrected chi connectivity index (χ4v) is 6.02. The van der Waals surface area contributed by atoms with Crippen LogP contribution in [0.3, 0.4) is 0 Å². The summed E-state index contributed by atoms with van der Waals surface area (Å²) in [5, 5.41) is 6.66. The van der Waals surface area contributed by atoms with Crippen molar-refractivity contribution in [2.75, 3.05) is 13.1 Å². The highest BCUT2D eigenvalue weighted by Crippen LogP contribution is 2.48. The molecule has 6 rings (SSSR count). The van der Waals surface area contributed by atoms with E-state index in [1.54, 1.807) is 0 Å². The summed E-state index contributed by atoms with van der Waals surface area (Å²) in [5.74, 6) is 2.69. The van der Waals surface area contributed by atoms with Crippen molar-refractivity contribution in [1.29, 1.82) is 0 Å². The summed E-state index contributed by atoms with van der Waals surface area (Å²) in [4.78, 5) is 2.85. The molecule has 2 aromatic rings. The molecule has 3 aliphatic heterocycles. The number of fused-ring (bicyclic) bond motifs is 2. The molecule has 1 N–H and O–H groups in total. The van der Waals surface area contributed by atoms with Gasteiger partial charge < -0.3 is 5.32 Å². The van der Waals surface area contributed by atoms with Crippen LogP contribution in [0.2, 0.25) is 0 Å². The number of nitrogens with one attached hydrogen (secondary N) is 1. The third-order valence-corrected chi connectivity index (χ3v) is 6.94. The van der Waals surface area contributed by atoms with Crippen LogP contribution in [0, 0.1) is 17.8 Å². The van der Waals surface area contributed by atoms with Crippen molar-refractivity contribution in [1.82, 2.24) is 10.2 Å². The number of hydrogen-bond donors (Lipinski definition) is 1. The average molecular weight is 320 g/mol. The van der Waals surface area contributed by atoms with Gasteiger partial charge in [-0.2, -0.15) is 0 Å². The van der Waals surface area contributed by atoms with E-state index in [0.29, 0.717) is 0 Å². The van der Waals surface area contributed by atoms with Crippen LogP contribution in [0.1, 0.15) is 31.7 Å². The summed E-state index contributed by atoms with van der Waals surface area (Å²) in [7, 11) is 0. The highest BCUT2D eigenvalue weighted by molar-refractivity contribution is 5.85. The second-order valence-corrected chi connectivity index (χ2v) is 8.19. The number of rotatable bonds is 4. The molecule has 5 atom stereocenters. The van der Waals surface area contributed by atoms with E-state index in [-0.39, 0.29) is 0 Å². The van der Waals surface area contributed by atoms with Crippen LogP contribution in [-0.2, 0) is 6.54 Å². The maximum Gasteiger partial charge on any atom is 0.0243 e. The first-order valence-electron chi connectivity index (χ1n) is 9.79. The van der Waals surface area contributed by atoms with Crippen molar-refractivity contribution in [2.45, 2.75) is 44.8 Å². The Morgan fingerprint density at radius 1 is 1.12 bits per heavy atom. The Morgan fingerprint density at radius 3 is 2.92 bits per heavy atom. The van der Waals surface area contributed by atoms with Gasteiger partial charge in [-0.25, -0.2) is 0 Å². The maximum absolute atomic E-state index is 3.84. The normalized spacial score (nSPS) is 35.0. The van der Waals surface area contributed by atoms with Crippen molar-refractivity contribution in [3.8, 4) is 0 Å². The van der Waals surface area contributed by atoms with Crippen molar-refractivity contribution in [3.05, 3.63) is 48.0 Å². The van der Waals surface area contributed by atoms with Gasteiger partial charge >= 0.3 is 0 Å². The number of hydrogen-bond acceptors (Lipinski definition) is 2. The van der Waals surface area contributed by atoms with Crippen LogP contribution in [0.25, 0.3) is 10.8 Å². The lowest BCUT2D eigenvalue weighted by Gasteiger charge is -2.49. The molecule has 3 saturated heterocycles. The van der Waals surface area contributed by atoms with Gasteiger partial charge in [0, 0.05) is 31.7 Å². The molecule has 0 spiro atoms. The summed E-state index contributed by atoms with van der Waals surface area (Å²) in [5.41, 5.74) is 1.51. The topological polar surface area (TPSA) is 15.3 Å². The predicted molar refractivity (Wildman–Crippen MR) is 99.9 cm³/mol. The summed E-state index contributed by atoms with van der Waals surface area (Å²) in [6.45, 7) is 6.05. The van der Waals surface area contributed by atoms with E-state index in [1.165, 1.54) is 48.7 Å². The Bertz CT molecular complexity index is 734. The predicted octanol–water partition coefficient (Wildman–Crippen LogP) is 4.05. The Balaban J connectivity index is 1.47. The first kappa shape index (κ1) is 14.9. The zero-order valence-electron chi connectivity index (χ0n) is 14.6. The van der Waals surface area contributed by atoms with Gasteiger partial charge in [-0.05, 0) is 46.9 Å². The largest absolute Gasteiger partial charge is 0.313 e. The van der Waals surface area contributed by atoms with E-state index in [9.17, 15) is 0 Å². The zero-order chi connectivity index (χ0) is 16.1. The third-order valence-electron chi connectivity index (χ3n) is 6.94. The van der Waals surface area contributed by atoms with Gasteiger partial charge in [-0.1, -0.05) is 55.8 Å². The molecule has 2 nitrogen and oxygen atoms in total. The number of likely N-dealkylation sites (tertiary alicyclic amines) is 1. The highest BCUT2D eigenvalue weighted by Gasteiger charge is 2.54. The standard InChI is InChI=1S/C22H28N2/c1-2-6-19-21-11-17-14-24(22(19)20(17)12-23-21)13-16-9-5-8-15-7-3-4-10-18(15)16/h3-5,7-10,17,19-23H,2,6,11-14H2,1H3. The molecule has 1 aliphatic carbocycles. The molecule has 4 fully saturated rings. The maximum atomic E-state index is 3.84. The second-order valence-electron chi connectivity index (χ2n) is 8.19. The molecule has 0 amide bonds. The van der Waals surface area contributed by atoms with E-state index in [1.807, 2.05) is 0 Å². The lowest BCUT2D eigenvalue weighted by molar-refractivity contribution is 0.0464. The quantitative estimate of drug-likeness (QED) is 0.914. The van der Waals surface area contributed by atoms with E-state index < -0.39 is 0 Å². The molecule has 2 aromatic carbocycles. The number of piperidine rings is 2. The van der Waals surface area contributed by atoms with E-state index in [4.69, 9.17) is 0 Å². The number of nitrogens with zero attached hydrogens (tertiary/aromatic N) is 1. The minimum absolute atomic E-state index is 0.780. The summed E-state index contributed by atoms with van der Waals surface area (Å²) in [6.07, 6.45) is 4.12. The van der Waals surface area contributed by atoms with Crippen molar-refractivity contribution in [3.63, 3.8) is 0 Å². The van der Waals surface area contributed by atoms with Gasteiger partial charge in [-0.15, -0.1) is 0 Å². The van der Waals surface area contributed by atoms with Gasteiger partial charge in [0.25, 0.3) is 0 Å². The monoisotopic (exact) mass is 320 g/mol. The van der Waals surface area contributed by atoms with Gasteiger partial charge in [0.2, 0.25) is 0 Å². The fourth-order valence-electron chi connectivity index (χ4n) is 6.02. The van der Waals surface area contributed by atoms with Gasteiger partial charge in [0.05, 0.1) is 0 Å². The molecule has 0 radical (unpaired) electrons. The molecular weight excluding hydrogens is 292 g/mol. The molecular formula is C22H28N2. The van der Waals surface area contributed by atoms with Crippen molar-refractivity contribution in [2.24, 2.45) is 17.8 Å². The van der Waals surface area contributed by atoms with Gasteiger partial charge in [0.15, 0.2) is 0 Å². The minimum atomic E-state index is 0.780. The molecule has 4 bridgehead atoms. The summed E-state index contributed by atoms with van der Waals surface area (Å²) >= 11 is 0. The molecule has 3 heterocycles. The second kappa shape index (κ2) is 5.86. The van der Waals surface area contributed by atoms with Crippen LogP contribution in [0.5, 0.6) is 0 Å². The summed E-state index contributed by atoms with van der Waals surface area (Å²) < 4.78 is 0. The summed E-state index contributed by atoms with van der Waals surface area (Å²) in [6, 6.07) is 17.3. The van der Waals surface area contributed by atoms with E-state index >= 15 is 0 Å². The van der Waals surface area contributed by atoms with E-state index in [2.05, 4.69) is 59.6 Å². The Hall–Kier alpha value is -1.38. The average Bonchev–Trinajstić information content (AvgIpc) is 2.91. The van der Waals surface area contributed by atoms with Crippen LogP contribution in [0.4, 0.5) is 0 Å². The van der Waals surface area contributed by atoms with Crippen molar-refractivity contribution < 1.29 is 0 Å². The van der Waals surface area contributed by atoms with E-state index in [0.717, 1.165) is 36.4 Å². The Kier molecular flexibility index (Phi) is 3.64. The minimum Gasteiger partial charge on any atom is -0.313 e. The number of benzene rings is 2. The molecule has 0 aromatic heterocycles. The smallest absolute Gasteiger partial charge is 0.0243 e. The molecule has 5 unspecified atom stereocenters. The lowest BCUT2D eigenvalue weighted by Crippen LogP contribution is -2.60. The third kappa shape index (κ3) is 2.23. The SMILES string of the molecule is CCCC1C2CC3CN(Cc4cccc5ccccc45)C1C3CN2. The van der Waals surface area contributed by atoms with Crippen LogP contribution in [0.15, 0.2) is 42.5 Å². The zero-order valence-corrected chi connectivity index (χ0v) is 14.6. The van der Waals surface area contributed by atoms with Crippen molar-refractivity contribution >= 4 is 10.8 Å². The molecule has 24 heavy (non-hydrogen) atoms. The van der Waals surface area contributed by atoms with Gasteiger partial charge in [-0.3, -0.25) is 4.90 Å². The molecule has 4 aliphatic rings. The first-order chi connectivity index (χ1) is 11.8. The molecule has 1 saturated carbocycles. The van der Waals surface area contributed by atoms with Crippen LogP contribution < -0.4 is 5.32 Å². The lowest BCUT2D eigenvalue weighted by atomic mass is 9.66.